The third-order valence-corrected chi connectivity index (χ3v) is 5.07. The Morgan fingerprint density at radius 3 is 2.31 bits per heavy atom. The molecule has 1 aromatic heterocycles. The van der Waals surface area contributed by atoms with Crippen molar-refractivity contribution >= 4 is 22.9 Å². The number of hydrogen-bond donors (Lipinski definition) is 0. The maximum Gasteiger partial charge on any atom is 0.258 e. The summed E-state index contributed by atoms with van der Waals surface area (Å²) < 4.78 is 5.47. The summed E-state index contributed by atoms with van der Waals surface area (Å²) in [4.78, 5) is 16.2. The van der Waals surface area contributed by atoms with E-state index in [-0.39, 0.29) is 5.91 Å². The van der Waals surface area contributed by atoms with Crippen LogP contribution in [0.3, 0.4) is 0 Å². The van der Waals surface area contributed by atoms with Crippen molar-refractivity contribution in [2.75, 3.05) is 11.5 Å². The number of aryl methyl sites for hydroxylation is 1. The van der Waals surface area contributed by atoms with E-state index >= 15 is 0 Å². The molecule has 3 aromatic rings. The number of thiophene rings is 1. The van der Waals surface area contributed by atoms with Gasteiger partial charge in [-0.25, -0.2) is 0 Å². The molecule has 0 N–H and O–H groups in total. The lowest BCUT2D eigenvalue weighted by Gasteiger charge is -2.23. The number of carbonyl (C=O) groups is 1. The van der Waals surface area contributed by atoms with Crippen LogP contribution in [0.5, 0.6) is 5.75 Å². The van der Waals surface area contributed by atoms with Gasteiger partial charge in [-0.1, -0.05) is 25.1 Å². The number of amides is 1. The molecule has 26 heavy (non-hydrogen) atoms. The first kappa shape index (κ1) is 18.2. The number of carbonyl (C=O) groups excluding carboxylic acids is 1. The minimum atomic E-state index is -0.00861. The van der Waals surface area contributed by atoms with E-state index in [4.69, 9.17) is 4.74 Å². The zero-order chi connectivity index (χ0) is 18.4. The summed E-state index contributed by atoms with van der Waals surface area (Å²) in [5.74, 6) is 0.770. The van der Waals surface area contributed by atoms with Crippen LogP contribution >= 0.6 is 11.3 Å². The van der Waals surface area contributed by atoms with E-state index in [1.54, 1.807) is 11.3 Å². The topological polar surface area (TPSA) is 29.5 Å². The summed E-state index contributed by atoms with van der Waals surface area (Å²) in [7, 11) is 0. The van der Waals surface area contributed by atoms with Gasteiger partial charge in [-0.05, 0) is 66.8 Å². The number of ether oxygens (including phenoxy) is 1. The highest BCUT2D eigenvalue weighted by molar-refractivity contribution is 7.09. The second-order valence-corrected chi connectivity index (χ2v) is 6.98. The summed E-state index contributed by atoms with van der Waals surface area (Å²) in [6.45, 7) is 5.25. The van der Waals surface area contributed by atoms with Crippen LogP contribution in [0.15, 0.2) is 66.0 Å². The van der Waals surface area contributed by atoms with Crippen molar-refractivity contribution < 1.29 is 9.53 Å². The van der Waals surface area contributed by atoms with Gasteiger partial charge in [0.05, 0.1) is 13.2 Å². The van der Waals surface area contributed by atoms with Crippen LogP contribution in [0.25, 0.3) is 0 Å². The average molecular weight is 365 g/mol. The monoisotopic (exact) mass is 365 g/mol. The Hall–Kier alpha value is -2.59. The van der Waals surface area contributed by atoms with Gasteiger partial charge in [0.1, 0.15) is 5.75 Å². The van der Waals surface area contributed by atoms with Gasteiger partial charge < -0.3 is 9.64 Å². The fourth-order valence-corrected chi connectivity index (χ4v) is 3.46. The highest BCUT2D eigenvalue weighted by Crippen LogP contribution is 2.24. The van der Waals surface area contributed by atoms with Crippen molar-refractivity contribution in [2.24, 2.45) is 0 Å². The van der Waals surface area contributed by atoms with Crippen LogP contribution < -0.4 is 9.64 Å². The summed E-state index contributed by atoms with van der Waals surface area (Å²) in [5.41, 5.74) is 2.83. The lowest BCUT2D eigenvalue weighted by molar-refractivity contribution is 0.0985. The summed E-state index contributed by atoms with van der Waals surface area (Å²) in [5, 5.41) is 2.04. The van der Waals surface area contributed by atoms with Crippen LogP contribution in [0.1, 0.15) is 34.6 Å². The van der Waals surface area contributed by atoms with E-state index in [1.807, 2.05) is 59.7 Å². The zero-order valence-electron chi connectivity index (χ0n) is 15.1. The smallest absolute Gasteiger partial charge is 0.258 e. The minimum absolute atomic E-state index is 0.00861. The maximum atomic E-state index is 13.2. The van der Waals surface area contributed by atoms with Crippen molar-refractivity contribution in [1.82, 2.24) is 0 Å². The average Bonchev–Trinajstić information content (AvgIpc) is 3.20. The van der Waals surface area contributed by atoms with Crippen LogP contribution in [0.4, 0.5) is 5.69 Å². The Labute approximate surface area is 158 Å². The van der Waals surface area contributed by atoms with E-state index in [1.165, 1.54) is 5.56 Å². The molecule has 4 heteroatoms. The van der Waals surface area contributed by atoms with Crippen LogP contribution in [0.2, 0.25) is 0 Å². The summed E-state index contributed by atoms with van der Waals surface area (Å²) in [6, 6.07) is 19.6. The normalized spacial score (nSPS) is 10.5. The molecule has 1 amide bonds. The molecule has 0 aliphatic heterocycles. The van der Waals surface area contributed by atoms with Crippen LogP contribution in [-0.4, -0.2) is 12.5 Å². The maximum absolute atomic E-state index is 13.2. The molecule has 3 rings (SSSR count). The second-order valence-electron chi connectivity index (χ2n) is 5.95. The molecule has 1 heterocycles. The van der Waals surface area contributed by atoms with Gasteiger partial charge in [-0.3, -0.25) is 4.79 Å². The fraction of sp³-hybridized carbons (Fsp3) is 0.227. The first-order valence-corrected chi connectivity index (χ1v) is 9.75. The molecule has 3 nitrogen and oxygen atoms in total. The number of anilines is 1. The third kappa shape index (κ3) is 4.33. The first-order chi connectivity index (χ1) is 12.7. The van der Waals surface area contributed by atoms with Gasteiger partial charge in [-0.2, -0.15) is 0 Å². The van der Waals surface area contributed by atoms with E-state index in [0.29, 0.717) is 18.7 Å². The van der Waals surface area contributed by atoms with E-state index in [2.05, 4.69) is 25.1 Å². The lowest BCUT2D eigenvalue weighted by atomic mass is 10.1. The predicted octanol–water partition coefficient (Wildman–Crippen LogP) is 5.56. The number of rotatable bonds is 7. The molecule has 2 aromatic carbocycles. The standard InChI is InChI=1S/C22H23NO2S/c1-3-17-7-11-19(12-8-17)23(16-21-6-5-15-26-21)22(24)18-9-13-20(14-10-18)25-4-2/h5-15H,3-4,16H2,1-2H3. The van der Waals surface area contributed by atoms with Gasteiger partial charge in [0.25, 0.3) is 5.91 Å². The summed E-state index contributed by atoms with van der Waals surface area (Å²) in [6.07, 6.45) is 0.984. The van der Waals surface area contributed by atoms with Gasteiger partial charge in [0.2, 0.25) is 0 Å². The number of nitrogens with zero attached hydrogens (tertiary/aromatic N) is 1. The highest BCUT2D eigenvalue weighted by atomic mass is 32.1. The highest BCUT2D eigenvalue weighted by Gasteiger charge is 2.19. The number of benzene rings is 2. The van der Waals surface area contributed by atoms with Crippen LogP contribution in [0, 0.1) is 0 Å². The zero-order valence-corrected chi connectivity index (χ0v) is 16.0. The van der Waals surface area contributed by atoms with Crippen molar-refractivity contribution in [3.05, 3.63) is 82.0 Å². The molecule has 134 valence electrons. The number of hydrogen-bond acceptors (Lipinski definition) is 3. The Morgan fingerprint density at radius 1 is 1.00 bits per heavy atom. The molecular formula is C22H23NO2S. The Kier molecular flexibility index (Phi) is 6.08. The molecule has 0 bridgehead atoms. The minimum Gasteiger partial charge on any atom is -0.494 e. The van der Waals surface area contributed by atoms with Crippen molar-refractivity contribution in [3.63, 3.8) is 0 Å². The molecular weight excluding hydrogens is 342 g/mol. The van der Waals surface area contributed by atoms with Crippen molar-refractivity contribution in [3.8, 4) is 5.75 Å². The molecule has 0 unspecified atom stereocenters. The molecule has 0 aliphatic carbocycles. The van der Waals surface area contributed by atoms with Gasteiger partial charge >= 0.3 is 0 Å². The van der Waals surface area contributed by atoms with Crippen molar-refractivity contribution in [2.45, 2.75) is 26.8 Å². The fourth-order valence-electron chi connectivity index (χ4n) is 2.77. The Balaban J connectivity index is 1.89. The lowest BCUT2D eigenvalue weighted by Crippen LogP contribution is -2.30. The second kappa shape index (κ2) is 8.68. The molecule has 0 fully saturated rings. The van der Waals surface area contributed by atoms with E-state index in [0.717, 1.165) is 22.7 Å². The largest absolute Gasteiger partial charge is 0.494 e. The van der Waals surface area contributed by atoms with Crippen molar-refractivity contribution in [1.29, 1.82) is 0 Å². The SMILES string of the molecule is CCOc1ccc(C(=O)N(Cc2cccs2)c2ccc(CC)cc2)cc1. The predicted molar refractivity (Wildman–Crippen MR) is 108 cm³/mol. The quantitative estimate of drug-likeness (QED) is 0.549. The van der Waals surface area contributed by atoms with Crippen LogP contribution in [-0.2, 0) is 13.0 Å². The molecule has 0 atom stereocenters. The molecule has 0 radical (unpaired) electrons. The van der Waals surface area contributed by atoms with E-state index in [9.17, 15) is 4.79 Å². The molecule has 0 spiro atoms. The van der Waals surface area contributed by atoms with Gasteiger partial charge in [-0.15, -0.1) is 11.3 Å². The summed E-state index contributed by atoms with van der Waals surface area (Å²) >= 11 is 1.66. The molecule has 0 saturated heterocycles. The molecule has 0 aliphatic rings. The van der Waals surface area contributed by atoms with Gasteiger partial charge in [0, 0.05) is 16.1 Å². The Morgan fingerprint density at radius 2 is 1.73 bits per heavy atom. The first-order valence-electron chi connectivity index (χ1n) is 8.87. The molecule has 0 saturated carbocycles. The third-order valence-electron chi connectivity index (χ3n) is 4.21. The Bertz CT molecular complexity index is 824. The van der Waals surface area contributed by atoms with E-state index < -0.39 is 0 Å². The van der Waals surface area contributed by atoms with Gasteiger partial charge in [0.15, 0.2) is 0 Å².